The Morgan fingerprint density at radius 1 is 1.28 bits per heavy atom. The zero-order valence-electron chi connectivity index (χ0n) is 11.5. The summed E-state index contributed by atoms with van der Waals surface area (Å²) in [5, 5.41) is 1.66. The van der Waals surface area contributed by atoms with Gasteiger partial charge in [-0.1, -0.05) is 33.2 Å². The molecule has 0 nitrogen and oxygen atoms in total. The van der Waals surface area contributed by atoms with Gasteiger partial charge in [0.25, 0.3) is 0 Å². The summed E-state index contributed by atoms with van der Waals surface area (Å²) in [5.41, 5.74) is 0. The van der Waals surface area contributed by atoms with E-state index in [-0.39, 0.29) is 45.1 Å². The standard InChI is InChI=1S/C8H17P.C5H5.3ClH.Zr/c1-5-7-8(6-2)9(3)4;1-2-4-5-3-1;;;;/h7H,5-6H2,1-4H3;1-2,5H,3H2;3*1H;/q;;;;;+3/p-3. The van der Waals surface area contributed by atoms with Crippen molar-refractivity contribution in [1.82, 2.24) is 0 Å². The summed E-state index contributed by atoms with van der Waals surface area (Å²) in [6.07, 6.45) is 12.6. The van der Waals surface area contributed by atoms with Crippen LogP contribution >= 0.6 is 7.92 Å². The normalized spacial score (nSPS) is 12.6. The predicted octanol–water partition coefficient (Wildman–Crippen LogP) is -4.18. The van der Waals surface area contributed by atoms with Crippen LogP contribution in [0.15, 0.2) is 32.9 Å². The van der Waals surface area contributed by atoms with Crippen LogP contribution in [0.1, 0.15) is 33.1 Å². The molecule has 0 fully saturated rings. The SMILES string of the molecule is CCC=C(CC)P(C)C.[Cl-].[Cl-].[Cl-].[Zr+3][C]1=CCC=C1. The Bertz CT molecular complexity index is 258. The van der Waals surface area contributed by atoms with Crippen LogP contribution in [0.3, 0.4) is 0 Å². The molecular weight excluding hydrogens is 385 g/mol. The summed E-state index contributed by atoms with van der Waals surface area (Å²) in [5.74, 6) is 0. The third kappa shape index (κ3) is 15.5. The molecule has 18 heavy (non-hydrogen) atoms. The number of rotatable bonds is 3. The Morgan fingerprint density at radius 3 is 1.94 bits per heavy atom. The van der Waals surface area contributed by atoms with Crippen LogP contribution in [0.4, 0.5) is 0 Å². The molecule has 0 bridgehead atoms. The number of hydrogen-bond acceptors (Lipinski definition) is 0. The molecule has 0 saturated heterocycles. The van der Waals surface area contributed by atoms with E-state index in [9.17, 15) is 0 Å². The monoisotopic (exact) mass is 404 g/mol. The molecule has 0 unspecified atom stereocenters. The third-order valence-corrected chi connectivity index (χ3v) is 4.71. The van der Waals surface area contributed by atoms with E-state index in [0.29, 0.717) is 0 Å². The van der Waals surface area contributed by atoms with Gasteiger partial charge >= 0.3 is 52.6 Å². The molecule has 104 valence electrons. The summed E-state index contributed by atoms with van der Waals surface area (Å²) in [7, 11) is 0.191. The molecule has 0 amide bonds. The Balaban J connectivity index is -0.0000000972. The summed E-state index contributed by atoms with van der Waals surface area (Å²) in [6.45, 7) is 9.08. The van der Waals surface area contributed by atoms with Crippen molar-refractivity contribution >= 4 is 7.92 Å². The van der Waals surface area contributed by atoms with Crippen molar-refractivity contribution < 1.29 is 61.9 Å². The minimum absolute atomic E-state index is 0. The topological polar surface area (TPSA) is 0 Å². The first kappa shape index (κ1) is 27.7. The van der Waals surface area contributed by atoms with Gasteiger partial charge in [-0.05, 0) is 26.2 Å². The molecule has 0 heterocycles. The van der Waals surface area contributed by atoms with Crippen LogP contribution in [-0.2, 0) is 24.7 Å². The number of halogens is 3. The van der Waals surface area contributed by atoms with Crippen molar-refractivity contribution in [3.63, 3.8) is 0 Å². The quantitative estimate of drug-likeness (QED) is 0.417. The van der Waals surface area contributed by atoms with Gasteiger partial charge in [0.2, 0.25) is 0 Å². The van der Waals surface area contributed by atoms with Crippen LogP contribution < -0.4 is 37.2 Å². The predicted molar refractivity (Wildman–Crippen MR) is 69.3 cm³/mol. The molecule has 0 radical (unpaired) electrons. The summed E-state index contributed by atoms with van der Waals surface area (Å²) in [4.78, 5) is 0. The summed E-state index contributed by atoms with van der Waals surface area (Å²) >= 11 is 1.54. The third-order valence-electron chi connectivity index (χ3n) is 2.15. The molecule has 0 aliphatic heterocycles. The molecule has 0 spiro atoms. The molecule has 0 N–H and O–H groups in total. The van der Waals surface area contributed by atoms with Crippen LogP contribution in [0, 0.1) is 0 Å². The van der Waals surface area contributed by atoms with Gasteiger partial charge in [0.05, 0.1) is 0 Å². The first-order valence-electron chi connectivity index (χ1n) is 5.56. The minimum atomic E-state index is 0. The average molecular weight is 407 g/mol. The Kier molecular flexibility index (Phi) is 28.3. The van der Waals surface area contributed by atoms with Crippen molar-refractivity contribution in [3.8, 4) is 0 Å². The van der Waals surface area contributed by atoms with E-state index >= 15 is 0 Å². The molecule has 0 atom stereocenters. The fourth-order valence-corrected chi connectivity index (χ4v) is 3.10. The van der Waals surface area contributed by atoms with Crippen molar-refractivity contribution in [2.75, 3.05) is 13.3 Å². The van der Waals surface area contributed by atoms with E-state index in [1.54, 1.807) is 5.31 Å². The molecule has 0 aromatic rings. The van der Waals surface area contributed by atoms with Gasteiger partial charge in [-0.25, -0.2) is 0 Å². The zero-order chi connectivity index (χ0) is 11.7. The Hall–Kier alpha value is 1.40. The molecule has 1 aliphatic carbocycles. The van der Waals surface area contributed by atoms with Crippen molar-refractivity contribution in [1.29, 1.82) is 0 Å². The van der Waals surface area contributed by atoms with Gasteiger partial charge < -0.3 is 37.2 Å². The number of hydrogen-bond donors (Lipinski definition) is 0. The van der Waals surface area contributed by atoms with E-state index in [4.69, 9.17) is 0 Å². The van der Waals surface area contributed by atoms with Crippen LogP contribution in [0.25, 0.3) is 0 Å². The van der Waals surface area contributed by atoms with Crippen molar-refractivity contribution in [2.45, 2.75) is 33.1 Å². The van der Waals surface area contributed by atoms with Gasteiger partial charge in [0, 0.05) is 0 Å². The van der Waals surface area contributed by atoms with Crippen LogP contribution in [-0.4, -0.2) is 13.3 Å². The second-order valence-corrected chi connectivity index (χ2v) is 7.43. The van der Waals surface area contributed by atoms with E-state index in [0.717, 1.165) is 0 Å². The first-order valence-corrected chi connectivity index (χ1v) is 9.02. The average Bonchev–Trinajstić information content (AvgIpc) is 2.66. The fourth-order valence-electron chi connectivity index (χ4n) is 1.34. The second-order valence-electron chi connectivity index (χ2n) is 3.65. The Morgan fingerprint density at radius 2 is 1.83 bits per heavy atom. The van der Waals surface area contributed by atoms with E-state index in [1.165, 1.54) is 47.3 Å². The number of allylic oxidation sites excluding steroid dienone is 6. The van der Waals surface area contributed by atoms with Crippen molar-refractivity contribution in [3.05, 3.63) is 32.9 Å². The first-order chi connectivity index (χ1) is 7.11. The van der Waals surface area contributed by atoms with Gasteiger partial charge in [-0.2, -0.15) is 0 Å². The summed E-state index contributed by atoms with van der Waals surface area (Å²) in [6, 6.07) is 0. The van der Waals surface area contributed by atoms with E-state index in [2.05, 4.69) is 51.5 Å². The van der Waals surface area contributed by atoms with Crippen LogP contribution in [0.2, 0.25) is 0 Å². The maximum atomic E-state index is 2.37. The van der Waals surface area contributed by atoms with E-state index < -0.39 is 0 Å². The molecule has 1 rings (SSSR count). The van der Waals surface area contributed by atoms with Crippen molar-refractivity contribution in [2.24, 2.45) is 0 Å². The second kappa shape index (κ2) is 18.4. The zero-order valence-corrected chi connectivity index (χ0v) is 17.1. The summed E-state index contributed by atoms with van der Waals surface area (Å²) < 4.78 is 1.49. The van der Waals surface area contributed by atoms with Gasteiger partial charge in [-0.3, -0.25) is 0 Å². The van der Waals surface area contributed by atoms with Crippen LogP contribution in [0.5, 0.6) is 0 Å². The molecule has 1 aliphatic rings. The maximum absolute atomic E-state index is 2.37. The molecule has 5 heteroatoms. The molecule has 0 saturated carbocycles. The molecule has 0 aromatic heterocycles. The molecule has 0 aromatic carbocycles. The molecular formula is C13H22Cl3PZr. The van der Waals surface area contributed by atoms with Gasteiger partial charge in [0.1, 0.15) is 0 Å². The van der Waals surface area contributed by atoms with Gasteiger partial charge in [0.15, 0.2) is 0 Å². The fraction of sp³-hybridized carbons (Fsp3) is 0.538. The van der Waals surface area contributed by atoms with Gasteiger partial charge in [-0.15, -0.1) is 0 Å². The Labute approximate surface area is 148 Å². The van der Waals surface area contributed by atoms with E-state index in [1.807, 2.05) is 0 Å².